The van der Waals surface area contributed by atoms with Crippen molar-refractivity contribution in [3.63, 3.8) is 0 Å². The molecule has 0 aliphatic carbocycles. The Morgan fingerprint density at radius 3 is 1.75 bits per heavy atom. The van der Waals surface area contributed by atoms with Crippen molar-refractivity contribution >= 4 is 23.0 Å². The second kappa shape index (κ2) is 6.79. The maximum atomic E-state index is 13.4. The summed E-state index contributed by atoms with van der Waals surface area (Å²) in [6.07, 6.45) is -7.17. The molecule has 1 N–H and O–H groups in total. The number of hydrogen-bond donors (Lipinski definition) is 1. The van der Waals surface area contributed by atoms with E-state index in [9.17, 15) is 64.5 Å². The molecule has 1 aromatic carbocycles. The lowest BCUT2D eigenvalue weighted by Crippen LogP contribution is -2.64. The Bertz CT molecular complexity index is 824. The summed E-state index contributed by atoms with van der Waals surface area (Å²) in [5.74, 6) is -24.8. The molecule has 0 bridgehead atoms. The predicted molar refractivity (Wildman–Crippen MR) is 69.3 cm³/mol. The minimum atomic E-state index is -7.34. The number of nitro groups is 2. The number of anilines is 1. The Morgan fingerprint density at radius 1 is 0.857 bits per heavy atom. The van der Waals surface area contributed by atoms with Gasteiger partial charge in [-0.2, -0.15) is 39.5 Å². The normalized spacial score (nSPS) is 13.2. The second-order valence-electron chi connectivity index (χ2n) is 4.89. The highest BCUT2D eigenvalue weighted by atomic mass is 19.4. The van der Waals surface area contributed by atoms with Gasteiger partial charge in [0.2, 0.25) is 0 Å². The molecule has 0 aromatic heterocycles. The Labute approximate surface area is 146 Å². The van der Waals surface area contributed by atoms with Crippen LogP contribution in [0.3, 0.4) is 0 Å². The maximum absolute atomic E-state index is 13.4. The van der Waals surface area contributed by atoms with Gasteiger partial charge in [0, 0.05) is 6.07 Å². The minimum absolute atomic E-state index is 0.0935. The van der Waals surface area contributed by atoms with Crippen LogP contribution in [0.2, 0.25) is 0 Å². The van der Waals surface area contributed by atoms with Gasteiger partial charge in [-0.3, -0.25) is 25.0 Å². The largest absolute Gasteiger partial charge is 0.460 e. The fourth-order valence-corrected chi connectivity index (χ4v) is 1.61. The number of nitrogens with zero attached hydrogens (tertiary/aromatic N) is 2. The molecule has 0 aliphatic rings. The van der Waals surface area contributed by atoms with E-state index in [1.54, 1.807) is 0 Å². The van der Waals surface area contributed by atoms with E-state index in [4.69, 9.17) is 0 Å². The summed E-state index contributed by atoms with van der Waals surface area (Å²) in [6.45, 7) is 0. The molecule has 0 spiro atoms. The van der Waals surface area contributed by atoms with Crippen LogP contribution < -0.4 is 5.32 Å². The van der Waals surface area contributed by atoms with Gasteiger partial charge >= 0.3 is 29.9 Å². The van der Waals surface area contributed by atoms with Gasteiger partial charge in [-0.1, -0.05) is 0 Å². The molecule has 156 valence electrons. The summed E-state index contributed by atoms with van der Waals surface area (Å²) < 4.78 is 115. The van der Waals surface area contributed by atoms with Gasteiger partial charge < -0.3 is 5.32 Å². The number of amides is 1. The molecule has 0 atom stereocenters. The standard InChI is InChI=1S/C11H4F9N3O5/c12-8(13,9(14,15)10(16,17)11(18,19)20)7(24)21-5-2-1-4(22(25)26)3-6(5)23(27)28/h1-3H,(H,21,24). The van der Waals surface area contributed by atoms with Crippen LogP contribution >= 0.6 is 0 Å². The molecule has 0 saturated heterocycles. The lowest BCUT2D eigenvalue weighted by atomic mass is 10.0. The molecule has 1 aromatic rings. The fraction of sp³-hybridized carbons (Fsp3) is 0.364. The number of hydrogen-bond acceptors (Lipinski definition) is 5. The first-order chi connectivity index (χ1) is 12.4. The quantitative estimate of drug-likeness (QED) is 0.418. The van der Waals surface area contributed by atoms with Crippen LogP contribution in [-0.2, 0) is 4.79 Å². The molecule has 0 aliphatic heterocycles. The van der Waals surface area contributed by atoms with Crippen molar-refractivity contribution in [2.75, 3.05) is 5.32 Å². The maximum Gasteiger partial charge on any atom is 0.460 e. The first kappa shape index (κ1) is 22.9. The highest BCUT2D eigenvalue weighted by molar-refractivity contribution is 5.99. The van der Waals surface area contributed by atoms with Crippen molar-refractivity contribution in [1.82, 2.24) is 0 Å². The molecule has 0 radical (unpaired) electrons. The zero-order valence-corrected chi connectivity index (χ0v) is 12.6. The smallest absolute Gasteiger partial charge is 0.315 e. The van der Waals surface area contributed by atoms with Gasteiger partial charge in [0.05, 0.1) is 15.9 Å². The third kappa shape index (κ3) is 3.63. The van der Waals surface area contributed by atoms with Gasteiger partial charge in [0.15, 0.2) is 0 Å². The number of non-ortho nitro benzene ring substituents is 1. The van der Waals surface area contributed by atoms with E-state index < -0.39 is 56.8 Å². The van der Waals surface area contributed by atoms with Crippen LogP contribution in [0.15, 0.2) is 18.2 Å². The summed E-state index contributed by atoms with van der Waals surface area (Å²) in [4.78, 5) is 29.8. The summed E-state index contributed by atoms with van der Waals surface area (Å²) in [7, 11) is 0. The van der Waals surface area contributed by atoms with E-state index in [2.05, 4.69) is 0 Å². The molecule has 0 fully saturated rings. The van der Waals surface area contributed by atoms with E-state index in [0.717, 1.165) is 0 Å². The van der Waals surface area contributed by atoms with E-state index >= 15 is 0 Å². The first-order valence-electron chi connectivity index (χ1n) is 6.32. The molecule has 1 rings (SSSR count). The zero-order valence-electron chi connectivity index (χ0n) is 12.6. The fourth-order valence-electron chi connectivity index (χ4n) is 1.61. The van der Waals surface area contributed by atoms with Crippen molar-refractivity contribution in [2.24, 2.45) is 0 Å². The number of carbonyl (C=O) groups is 1. The van der Waals surface area contributed by atoms with Crippen molar-refractivity contribution in [2.45, 2.75) is 23.9 Å². The summed E-state index contributed by atoms with van der Waals surface area (Å²) >= 11 is 0. The minimum Gasteiger partial charge on any atom is -0.315 e. The molecule has 28 heavy (non-hydrogen) atoms. The number of nitrogens with one attached hydrogen (secondary N) is 1. The van der Waals surface area contributed by atoms with Gasteiger partial charge in [0.1, 0.15) is 5.69 Å². The van der Waals surface area contributed by atoms with E-state index in [-0.39, 0.29) is 12.1 Å². The third-order valence-electron chi connectivity index (χ3n) is 3.07. The van der Waals surface area contributed by atoms with Gasteiger partial charge in [-0.15, -0.1) is 0 Å². The lowest BCUT2D eigenvalue weighted by molar-refractivity contribution is -0.393. The van der Waals surface area contributed by atoms with Gasteiger partial charge in [-0.05, 0) is 6.07 Å². The van der Waals surface area contributed by atoms with Crippen molar-refractivity contribution in [3.8, 4) is 0 Å². The summed E-state index contributed by atoms with van der Waals surface area (Å²) in [5.41, 5.74) is -3.90. The Hall–Kier alpha value is -3.14. The number of benzene rings is 1. The van der Waals surface area contributed by atoms with Crippen LogP contribution in [-0.4, -0.2) is 39.7 Å². The van der Waals surface area contributed by atoms with Crippen molar-refractivity contribution < 1.29 is 54.2 Å². The highest BCUT2D eigenvalue weighted by Gasteiger charge is 2.83. The van der Waals surface area contributed by atoms with Crippen molar-refractivity contribution in [1.29, 1.82) is 0 Å². The number of halogens is 9. The number of carbonyl (C=O) groups excluding carboxylic acids is 1. The predicted octanol–water partition coefficient (Wildman–Crippen LogP) is 3.91. The zero-order chi connectivity index (χ0) is 22.3. The Morgan fingerprint density at radius 2 is 1.36 bits per heavy atom. The SMILES string of the molecule is O=C(Nc1ccc([N+](=O)[O-])cc1[N+](=O)[O-])C(F)(F)C(F)(F)C(F)(F)C(F)(F)F. The van der Waals surface area contributed by atoms with E-state index in [1.165, 1.54) is 0 Å². The average Bonchev–Trinajstić information content (AvgIpc) is 2.53. The van der Waals surface area contributed by atoms with Crippen LogP contribution in [0.1, 0.15) is 0 Å². The summed E-state index contributed by atoms with van der Waals surface area (Å²) in [6, 6.07) is 0.684. The summed E-state index contributed by atoms with van der Waals surface area (Å²) in [5, 5.41) is 21.9. The third-order valence-corrected chi connectivity index (χ3v) is 3.07. The molecule has 0 heterocycles. The van der Waals surface area contributed by atoms with Crippen LogP contribution in [0.4, 0.5) is 56.6 Å². The second-order valence-corrected chi connectivity index (χ2v) is 4.89. The molecular formula is C11H4F9N3O5. The molecular weight excluding hydrogens is 425 g/mol. The van der Waals surface area contributed by atoms with Crippen molar-refractivity contribution in [3.05, 3.63) is 38.4 Å². The van der Waals surface area contributed by atoms with E-state index in [0.29, 0.717) is 11.4 Å². The van der Waals surface area contributed by atoms with Gasteiger partial charge in [-0.25, -0.2) is 0 Å². The average molecular weight is 429 g/mol. The first-order valence-corrected chi connectivity index (χ1v) is 6.32. The monoisotopic (exact) mass is 429 g/mol. The lowest BCUT2D eigenvalue weighted by Gasteiger charge is -2.32. The topological polar surface area (TPSA) is 115 Å². The van der Waals surface area contributed by atoms with Crippen LogP contribution in [0, 0.1) is 20.2 Å². The molecule has 0 saturated carbocycles. The van der Waals surface area contributed by atoms with Crippen LogP contribution in [0.25, 0.3) is 0 Å². The Kier molecular flexibility index (Phi) is 5.55. The molecule has 1 amide bonds. The number of alkyl halides is 9. The number of rotatable bonds is 6. The van der Waals surface area contributed by atoms with E-state index in [1.807, 2.05) is 0 Å². The Balaban J connectivity index is 3.36. The van der Waals surface area contributed by atoms with Crippen LogP contribution in [0.5, 0.6) is 0 Å². The molecule has 0 unspecified atom stereocenters. The molecule has 8 nitrogen and oxygen atoms in total. The number of nitro benzene ring substituents is 2. The van der Waals surface area contributed by atoms with Gasteiger partial charge in [0.25, 0.3) is 11.4 Å². The highest BCUT2D eigenvalue weighted by Crippen LogP contribution is 2.53. The molecule has 17 heteroatoms.